The molecular formula is C22H17N3O4S. The number of carbonyl (C=O) groups excluding carboxylic acids is 1. The van der Waals surface area contributed by atoms with Crippen molar-refractivity contribution in [3.63, 3.8) is 0 Å². The minimum absolute atomic E-state index is 0.0393. The van der Waals surface area contributed by atoms with Crippen molar-refractivity contribution in [2.24, 2.45) is 4.99 Å². The molecule has 0 atom stereocenters. The standard InChI is InChI=1S/C22H17N3O4S/c1-2-14-7-9-15(10-8-14)23-22-24-21(26)20(30-22)13-16-11-12-19(29-16)17-5-3-4-6-18(17)25(27)28/h3-13H,2H2,1H3,(H,23,24,26). The number of carbonyl (C=O) groups is 1. The van der Waals surface area contributed by atoms with E-state index < -0.39 is 4.92 Å². The highest BCUT2D eigenvalue weighted by Gasteiger charge is 2.24. The summed E-state index contributed by atoms with van der Waals surface area (Å²) in [5.41, 5.74) is 2.32. The Kier molecular flexibility index (Phi) is 5.49. The molecule has 0 unspecified atom stereocenters. The molecule has 0 radical (unpaired) electrons. The van der Waals surface area contributed by atoms with Crippen LogP contribution in [-0.2, 0) is 11.2 Å². The minimum atomic E-state index is -0.452. The highest BCUT2D eigenvalue weighted by Crippen LogP contribution is 2.33. The molecular weight excluding hydrogens is 402 g/mol. The number of aliphatic imine (C=N–C) groups is 1. The summed E-state index contributed by atoms with van der Waals surface area (Å²) < 4.78 is 5.74. The lowest BCUT2D eigenvalue weighted by Gasteiger charge is -1.99. The summed E-state index contributed by atoms with van der Waals surface area (Å²) in [6.07, 6.45) is 2.55. The van der Waals surface area contributed by atoms with Gasteiger partial charge in [0.25, 0.3) is 11.6 Å². The van der Waals surface area contributed by atoms with Gasteiger partial charge in [-0.05, 0) is 54.1 Å². The predicted octanol–water partition coefficient (Wildman–Crippen LogP) is 5.31. The van der Waals surface area contributed by atoms with Crippen molar-refractivity contribution in [1.29, 1.82) is 0 Å². The molecule has 7 nitrogen and oxygen atoms in total. The molecule has 0 bridgehead atoms. The fraction of sp³-hybridized carbons (Fsp3) is 0.0909. The van der Waals surface area contributed by atoms with Gasteiger partial charge in [0.1, 0.15) is 11.5 Å². The van der Waals surface area contributed by atoms with Gasteiger partial charge in [-0.3, -0.25) is 14.9 Å². The first-order chi connectivity index (χ1) is 14.5. The zero-order valence-electron chi connectivity index (χ0n) is 16.0. The molecule has 1 amide bonds. The molecule has 1 N–H and O–H groups in total. The molecule has 1 aliphatic rings. The SMILES string of the molecule is CCc1ccc(N=C2NC(=O)C(=Cc3ccc(-c4ccccc4[N+](=O)[O-])o3)S2)cc1. The quantitative estimate of drug-likeness (QED) is 0.343. The van der Waals surface area contributed by atoms with Crippen LogP contribution < -0.4 is 5.32 Å². The van der Waals surface area contributed by atoms with E-state index in [1.165, 1.54) is 23.4 Å². The number of nitrogens with zero attached hydrogens (tertiary/aromatic N) is 2. The summed E-state index contributed by atoms with van der Waals surface area (Å²) in [5.74, 6) is 0.518. The summed E-state index contributed by atoms with van der Waals surface area (Å²) in [6, 6.07) is 17.5. The Bertz CT molecular complexity index is 1180. The van der Waals surface area contributed by atoms with E-state index in [-0.39, 0.29) is 11.6 Å². The van der Waals surface area contributed by atoms with Gasteiger partial charge in [-0.15, -0.1) is 0 Å². The maximum absolute atomic E-state index is 12.3. The molecule has 8 heteroatoms. The van der Waals surface area contributed by atoms with Gasteiger partial charge in [0, 0.05) is 12.1 Å². The van der Waals surface area contributed by atoms with E-state index in [0.29, 0.717) is 27.2 Å². The summed E-state index contributed by atoms with van der Waals surface area (Å²) in [4.78, 5) is 28.0. The van der Waals surface area contributed by atoms with Gasteiger partial charge >= 0.3 is 0 Å². The first kappa shape index (κ1) is 19.7. The molecule has 2 heterocycles. The van der Waals surface area contributed by atoms with Crippen LogP contribution in [0.5, 0.6) is 0 Å². The van der Waals surface area contributed by atoms with Crippen LogP contribution in [0, 0.1) is 10.1 Å². The Morgan fingerprint density at radius 2 is 1.90 bits per heavy atom. The van der Waals surface area contributed by atoms with Crippen molar-refractivity contribution in [2.45, 2.75) is 13.3 Å². The smallest absolute Gasteiger partial charge is 0.280 e. The summed E-state index contributed by atoms with van der Waals surface area (Å²) in [6.45, 7) is 2.08. The van der Waals surface area contributed by atoms with Gasteiger partial charge in [-0.2, -0.15) is 0 Å². The van der Waals surface area contributed by atoms with Crippen molar-refractivity contribution >= 4 is 40.3 Å². The number of nitro benzene ring substituents is 1. The van der Waals surface area contributed by atoms with Gasteiger partial charge < -0.3 is 9.73 Å². The second-order valence-electron chi connectivity index (χ2n) is 6.48. The highest BCUT2D eigenvalue weighted by atomic mass is 32.2. The molecule has 150 valence electrons. The third kappa shape index (κ3) is 4.18. The van der Waals surface area contributed by atoms with Gasteiger partial charge in [-0.1, -0.05) is 31.2 Å². The van der Waals surface area contributed by atoms with Crippen LogP contribution in [0.4, 0.5) is 11.4 Å². The topological polar surface area (TPSA) is 97.7 Å². The van der Waals surface area contributed by atoms with E-state index >= 15 is 0 Å². The van der Waals surface area contributed by atoms with Crippen LogP contribution in [-0.4, -0.2) is 16.0 Å². The molecule has 2 aromatic carbocycles. The lowest BCUT2D eigenvalue weighted by atomic mass is 10.1. The number of aryl methyl sites for hydroxylation is 1. The molecule has 1 saturated heterocycles. The zero-order valence-corrected chi connectivity index (χ0v) is 16.8. The number of amides is 1. The van der Waals surface area contributed by atoms with Crippen LogP contribution >= 0.6 is 11.8 Å². The van der Waals surface area contributed by atoms with Gasteiger partial charge in [-0.25, -0.2) is 4.99 Å². The van der Waals surface area contributed by atoms with Gasteiger partial charge in [0.15, 0.2) is 5.17 Å². The predicted molar refractivity (Wildman–Crippen MR) is 117 cm³/mol. The largest absolute Gasteiger partial charge is 0.456 e. The summed E-state index contributed by atoms with van der Waals surface area (Å²) in [7, 11) is 0. The van der Waals surface area contributed by atoms with E-state index in [9.17, 15) is 14.9 Å². The Hall–Kier alpha value is -3.65. The highest BCUT2D eigenvalue weighted by molar-refractivity contribution is 8.18. The average molecular weight is 419 g/mol. The lowest BCUT2D eigenvalue weighted by molar-refractivity contribution is -0.384. The molecule has 1 aromatic heterocycles. The number of hydrogen-bond acceptors (Lipinski definition) is 6. The summed E-state index contributed by atoms with van der Waals surface area (Å²) >= 11 is 1.21. The normalized spacial score (nSPS) is 16.2. The minimum Gasteiger partial charge on any atom is -0.456 e. The second kappa shape index (κ2) is 8.38. The van der Waals surface area contributed by atoms with Crippen LogP contribution in [0.3, 0.4) is 0 Å². The van der Waals surface area contributed by atoms with E-state index in [0.717, 1.165) is 12.1 Å². The molecule has 0 saturated carbocycles. The third-order valence-corrected chi connectivity index (χ3v) is 5.40. The van der Waals surface area contributed by atoms with E-state index in [1.807, 2.05) is 24.3 Å². The maximum Gasteiger partial charge on any atom is 0.280 e. The molecule has 30 heavy (non-hydrogen) atoms. The Balaban J connectivity index is 1.55. The van der Waals surface area contributed by atoms with Crippen molar-refractivity contribution in [3.8, 4) is 11.3 Å². The number of hydrogen-bond donors (Lipinski definition) is 1. The van der Waals surface area contributed by atoms with Crippen molar-refractivity contribution in [1.82, 2.24) is 5.32 Å². The first-order valence-corrected chi connectivity index (χ1v) is 10.1. The Morgan fingerprint density at radius 1 is 1.13 bits per heavy atom. The molecule has 0 aliphatic carbocycles. The molecule has 1 fully saturated rings. The van der Waals surface area contributed by atoms with Gasteiger partial charge in [0.2, 0.25) is 0 Å². The average Bonchev–Trinajstić information content (AvgIpc) is 3.35. The molecule has 4 rings (SSSR count). The van der Waals surface area contributed by atoms with Crippen LogP contribution in [0.25, 0.3) is 17.4 Å². The number of amidine groups is 1. The lowest BCUT2D eigenvalue weighted by Crippen LogP contribution is -2.19. The van der Waals surface area contributed by atoms with E-state index in [1.54, 1.807) is 36.4 Å². The first-order valence-electron chi connectivity index (χ1n) is 9.25. The molecule has 1 aliphatic heterocycles. The number of para-hydroxylation sites is 1. The van der Waals surface area contributed by atoms with Crippen LogP contribution in [0.15, 0.2) is 75.0 Å². The number of thioether (sulfide) groups is 1. The number of furan rings is 1. The van der Waals surface area contributed by atoms with Crippen molar-refractivity contribution in [3.05, 3.63) is 87.0 Å². The monoisotopic (exact) mass is 419 g/mol. The summed E-state index contributed by atoms with van der Waals surface area (Å²) in [5, 5.41) is 14.5. The van der Waals surface area contributed by atoms with E-state index in [4.69, 9.17) is 4.42 Å². The Morgan fingerprint density at radius 3 is 2.63 bits per heavy atom. The maximum atomic E-state index is 12.3. The molecule has 0 spiro atoms. The molecule has 3 aromatic rings. The number of nitrogens with one attached hydrogen (secondary N) is 1. The van der Waals surface area contributed by atoms with Crippen LogP contribution in [0.1, 0.15) is 18.2 Å². The van der Waals surface area contributed by atoms with Crippen molar-refractivity contribution < 1.29 is 14.1 Å². The number of benzene rings is 2. The second-order valence-corrected chi connectivity index (χ2v) is 7.51. The Labute approximate surface area is 176 Å². The van der Waals surface area contributed by atoms with E-state index in [2.05, 4.69) is 17.2 Å². The van der Waals surface area contributed by atoms with Crippen LogP contribution in [0.2, 0.25) is 0 Å². The fourth-order valence-corrected chi connectivity index (χ4v) is 3.77. The van der Waals surface area contributed by atoms with Gasteiger partial charge in [0.05, 0.1) is 21.1 Å². The zero-order chi connectivity index (χ0) is 21.1. The fourth-order valence-electron chi connectivity index (χ4n) is 2.95. The number of nitro groups is 1. The van der Waals surface area contributed by atoms with Crippen molar-refractivity contribution in [2.75, 3.05) is 0 Å². The number of rotatable bonds is 5. The third-order valence-electron chi connectivity index (χ3n) is 4.49.